The van der Waals surface area contributed by atoms with Crippen molar-refractivity contribution in [2.75, 3.05) is 5.32 Å². The number of aryl methyl sites for hydroxylation is 1. The molecule has 1 aromatic carbocycles. The summed E-state index contributed by atoms with van der Waals surface area (Å²) in [5.74, 6) is -1.72. The normalized spacial score (nSPS) is 10.6. The van der Waals surface area contributed by atoms with E-state index in [0.717, 1.165) is 11.3 Å². The molecule has 116 valence electrons. The number of anilines is 1. The molecule has 1 heterocycles. The summed E-state index contributed by atoms with van der Waals surface area (Å²) in [4.78, 5) is 28.3. The molecule has 0 saturated heterocycles. The van der Waals surface area contributed by atoms with Crippen molar-refractivity contribution in [1.82, 2.24) is 4.98 Å². The van der Waals surface area contributed by atoms with Crippen molar-refractivity contribution in [1.29, 1.82) is 0 Å². The Morgan fingerprint density at radius 3 is 2.64 bits per heavy atom. The number of esters is 1. The second kappa shape index (κ2) is 6.65. The third-order valence-electron chi connectivity index (χ3n) is 2.66. The molecular weight excluding hydrogens is 307 g/mol. The first-order chi connectivity index (χ1) is 10.4. The maximum absolute atomic E-state index is 13.5. The highest BCUT2D eigenvalue weighted by Crippen LogP contribution is 2.24. The van der Waals surface area contributed by atoms with E-state index in [9.17, 15) is 14.0 Å². The number of nitrogens with one attached hydrogen (secondary N) is 1. The van der Waals surface area contributed by atoms with Gasteiger partial charge in [-0.05, 0) is 32.9 Å². The van der Waals surface area contributed by atoms with Crippen LogP contribution in [-0.2, 0) is 4.74 Å². The van der Waals surface area contributed by atoms with Gasteiger partial charge in [-0.2, -0.15) is 0 Å². The topological polar surface area (TPSA) is 68.3 Å². The Labute approximate surface area is 131 Å². The Hall–Kier alpha value is -2.28. The predicted octanol–water partition coefficient (Wildman–Crippen LogP) is 3.41. The van der Waals surface area contributed by atoms with Gasteiger partial charge in [-0.25, -0.2) is 14.2 Å². The number of amides is 1. The van der Waals surface area contributed by atoms with Gasteiger partial charge in [0.15, 0.2) is 5.13 Å². The number of carbonyl (C=O) groups is 2. The van der Waals surface area contributed by atoms with Gasteiger partial charge in [0.05, 0.1) is 17.4 Å². The van der Waals surface area contributed by atoms with Gasteiger partial charge in [0.2, 0.25) is 0 Å². The van der Waals surface area contributed by atoms with Crippen molar-refractivity contribution in [2.45, 2.75) is 26.9 Å². The molecule has 0 atom stereocenters. The van der Waals surface area contributed by atoms with E-state index in [1.54, 1.807) is 26.8 Å². The van der Waals surface area contributed by atoms with Gasteiger partial charge in [-0.1, -0.05) is 23.5 Å². The first-order valence-corrected chi connectivity index (χ1v) is 7.44. The quantitative estimate of drug-likeness (QED) is 0.876. The summed E-state index contributed by atoms with van der Waals surface area (Å²) in [6.45, 7) is 5.14. The number of halogens is 1. The van der Waals surface area contributed by atoms with E-state index in [2.05, 4.69) is 10.3 Å². The molecule has 1 amide bonds. The molecule has 5 nitrogen and oxygen atoms in total. The van der Waals surface area contributed by atoms with Crippen molar-refractivity contribution >= 4 is 28.3 Å². The maximum Gasteiger partial charge on any atom is 0.350 e. The van der Waals surface area contributed by atoms with Crippen LogP contribution in [0.4, 0.5) is 9.52 Å². The third kappa shape index (κ3) is 3.67. The zero-order valence-corrected chi connectivity index (χ0v) is 13.2. The highest BCUT2D eigenvalue weighted by Gasteiger charge is 2.20. The molecule has 0 aliphatic heterocycles. The molecular formula is C15H15FN2O3S. The van der Waals surface area contributed by atoms with Crippen LogP contribution in [0.1, 0.15) is 39.6 Å². The number of ether oxygens (including phenoxy) is 1. The van der Waals surface area contributed by atoms with Gasteiger partial charge in [-0.3, -0.25) is 10.1 Å². The van der Waals surface area contributed by atoms with E-state index in [1.165, 1.54) is 18.2 Å². The molecule has 2 aromatic rings. The SMILES string of the molecule is Cc1nc(NC(=O)c2ccccc2F)sc1C(=O)OC(C)C. The largest absolute Gasteiger partial charge is 0.459 e. The first-order valence-electron chi connectivity index (χ1n) is 6.62. The van der Waals surface area contributed by atoms with Gasteiger partial charge in [0.1, 0.15) is 10.7 Å². The molecule has 0 saturated carbocycles. The minimum Gasteiger partial charge on any atom is -0.459 e. The van der Waals surface area contributed by atoms with Crippen molar-refractivity contribution in [3.8, 4) is 0 Å². The maximum atomic E-state index is 13.5. The zero-order valence-electron chi connectivity index (χ0n) is 12.3. The van der Waals surface area contributed by atoms with E-state index in [4.69, 9.17) is 4.74 Å². The van der Waals surface area contributed by atoms with Crippen molar-refractivity contribution < 1.29 is 18.7 Å². The number of hydrogen-bond donors (Lipinski definition) is 1. The van der Waals surface area contributed by atoms with Gasteiger partial charge >= 0.3 is 5.97 Å². The van der Waals surface area contributed by atoms with Gasteiger partial charge in [0, 0.05) is 0 Å². The molecule has 2 rings (SSSR count). The summed E-state index contributed by atoms with van der Waals surface area (Å²) in [6, 6.07) is 5.64. The number of benzene rings is 1. The van der Waals surface area contributed by atoms with Gasteiger partial charge in [-0.15, -0.1) is 0 Å². The lowest BCUT2D eigenvalue weighted by molar-refractivity contribution is 0.0382. The monoisotopic (exact) mass is 322 g/mol. The fraction of sp³-hybridized carbons (Fsp3) is 0.267. The average molecular weight is 322 g/mol. The molecule has 0 bridgehead atoms. The van der Waals surface area contributed by atoms with Crippen LogP contribution in [0.3, 0.4) is 0 Å². The summed E-state index contributed by atoms with van der Waals surface area (Å²) in [5, 5.41) is 2.71. The third-order valence-corrected chi connectivity index (χ3v) is 3.72. The molecule has 0 fully saturated rings. The Morgan fingerprint density at radius 1 is 1.32 bits per heavy atom. The standard InChI is InChI=1S/C15H15FN2O3S/c1-8(2)21-14(20)12-9(3)17-15(22-12)18-13(19)10-6-4-5-7-11(10)16/h4-8H,1-3H3,(H,17,18,19). The summed E-state index contributed by atoms with van der Waals surface area (Å²) < 4.78 is 18.6. The van der Waals surface area contributed by atoms with E-state index in [-0.39, 0.29) is 16.8 Å². The van der Waals surface area contributed by atoms with Crippen LogP contribution in [0.5, 0.6) is 0 Å². The fourth-order valence-electron chi connectivity index (χ4n) is 1.72. The van der Waals surface area contributed by atoms with Crippen LogP contribution >= 0.6 is 11.3 Å². The lowest BCUT2D eigenvalue weighted by atomic mass is 10.2. The second-order valence-electron chi connectivity index (χ2n) is 4.82. The number of carbonyl (C=O) groups excluding carboxylic acids is 2. The summed E-state index contributed by atoms with van der Waals surface area (Å²) in [5.41, 5.74) is 0.376. The van der Waals surface area contributed by atoms with Crippen LogP contribution in [-0.4, -0.2) is 23.0 Å². The van der Waals surface area contributed by atoms with Crippen LogP contribution in [0, 0.1) is 12.7 Å². The molecule has 0 aliphatic carbocycles. The Kier molecular flexibility index (Phi) is 4.87. The van der Waals surface area contributed by atoms with E-state index in [1.807, 2.05) is 0 Å². The molecule has 0 unspecified atom stereocenters. The molecule has 1 N–H and O–H groups in total. The van der Waals surface area contributed by atoms with Crippen molar-refractivity contribution in [2.24, 2.45) is 0 Å². The fourth-order valence-corrected chi connectivity index (χ4v) is 2.56. The van der Waals surface area contributed by atoms with E-state index < -0.39 is 17.7 Å². The number of aromatic nitrogens is 1. The summed E-state index contributed by atoms with van der Waals surface area (Å²) in [7, 11) is 0. The molecule has 1 aromatic heterocycles. The summed E-state index contributed by atoms with van der Waals surface area (Å²) in [6.07, 6.45) is -0.245. The average Bonchev–Trinajstić information content (AvgIpc) is 2.79. The van der Waals surface area contributed by atoms with Crippen LogP contribution < -0.4 is 5.32 Å². The highest BCUT2D eigenvalue weighted by atomic mass is 32.1. The molecule has 7 heteroatoms. The molecule has 0 spiro atoms. The van der Waals surface area contributed by atoms with E-state index in [0.29, 0.717) is 10.6 Å². The number of nitrogens with zero attached hydrogens (tertiary/aromatic N) is 1. The van der Waals surface area contributed by atoms with Crippen molar-refractivity contribution in [3.05, 3.63) is 46.2 Å². The lowest BCUT2D eigenvalue weighted by Crippen LogP contribution is -2.13. The van der Waals surface area contributed by atoms with Gasteiger partial charge < -0.3 is 4.74 Å². The number of thiazole rings is 1. The van der Waals surface area contributed by atoms with Crippen LogP contribution in [0.15, 0.2) is 24.3 Å². The Bertz CT molecular complexity index is 713. The minimum atomic E-state index is -0.618. The molecule has 22 heavy (non-hydrogen) atoms. The number of hydrogen-bond acceptors (Lipinski definition) is 5. The van der Waals surface area contributed by atoms with Crippen LogP contribution in [0.25, 0.3) is 0 Å². The van der Waals surface area contributed by atoms with E-state index >= 15 is 0 Å². The second-order valence-corrected chi connectivity index (χ2v) is 5.82. The first kappa shape index (κ1) is 16.1. The van der Waals surface area contributed by atoms with Crippen LogP contribution in [0.2, 0.25) is 0 Å². The number of rotatable bonds is 4. The van der Waals surface area contributed by atoms with Crippen molar-refractivity contribution in [3.63, 3.8) is 0 Å². The smallest absolute Gasteiger partial charge is 0.350 e. The Morgan fingerprint density at radius 2 is 2.00 bits per heavy atom. The lowest BCUT2D eigenvalue weighted by Gasteiger charge is -2.05. The minimum absolute atomic E-state index is 0.0818. The Balaban J connectivity index is 2.16. The molecule has 0 aliphatic rings. The predicted molar refractivity (Wildman–Crippen MR) is 81.8 cm³/mol. The zero-order chi connectivity index (χ0) is 16.3. The van der Waals surface area contributed by atoms with Gasteiger partial charge in [0.25, 0.3) is 5.91 Å². The highest BCUT2D eigenvalue weighted by molar-refractivity contribution is 7.17. The molecule has 0 radical (unpaired) electrons. The summed E-state index contributed by atoms with van der Waals surface area (Å²) >= 11 is 0.998.